The number of anilines is 2. The number of halogens is 1. The molecule has 2 aliphatic heterocycles. The molecule has 2 aromatic rings. The Morgan fingerprint density at radius 2 is 1.82 bits per heavy atom. The third-order valence-corrected chi connectivity index (χ3v) is 8.54. The summed E-state index contributed by atoms with van der Waals surface area (Å²) >= 11 is 6.63. The number of pyridine rings is 1. The van der Waals surface area contributed by atoms with E-state index in [1.54, 1.807) is 38.2 Å². The second-order valence-electron chi connectivity index (χ2n) is 9.68. The van der Waals surface area contributed by atoms with Crippen LogP contribution in [0.4, 0.5) is 15.9 Å². The molecule has 9 nitrogen and oxygen atoms in total. The third-order valence-electron chi connectivity index (χ3n) is 7.16. The van der Waals surface area contributed by atoms with E-state index in [4.69, 9.17) is 17.3 Å². The minimum Gasteiger partial charge on any atom is -0.481 e. The fraction of sp³-hybridized carbons (Fsp3) is 0.393. The van der Waals surface area contributed by atoms with Crippen LogP contribution in [0.1, 0.15) is 42.4 Å². The number of carboxylic acids is 1. The number of amides is 1. The molecule has 1 aromatic heterocycles. The number of benzene rings is 1. The van der Waals surface area contributed by atoms with E-state index in [-0.39, 0.29) is 23.7 Å². The molecule has 210 valence electrons. The van der Waals surface area contributed by atoms with Crippen molar-refractivity contribution >= 4 is 57.8 Å². The highest BCUT2D eigenvalue weighted by Gasteiger charge is 2.33. The number of unbranched alkanes of at least 4 members (excludes halogenated alkanes) is 2. The molecule has 2 fully saturated rings. The van der Waals surface area contributed by atoms with Crippen LogP contribution in [0.2, 0.25) is 0 Å². The van der Waals surface area contributed by atoms with Gasteiger partial charge in [-0.1, -0.05) is 42.5 Å². The van der Waals surface area contributed by atoms with Gasteiger partial charge in [0.1, 0.15) is 27.6 Å². The Hall–Kier alpha value is -3.69. The van der Waals surface area contributed by atoms with E-state index in [0.29, 0.717) is 83.8 Å². The molecule has 2 saturated heterocycles. The fourth-order valence-corrected chi connectivity index (χ4v) is 6.30. The summed E-state index contributed by atoms with van der Waals surface area (Å²) in [5.41, 5.74) is 1.20. The van der Waals surface area contributed by atoms with Gasteiger partial charge in [-0.3, -0.25) is 23.9 Å². The maximum absolute atomic E-state index is 14.4. The second kappa shape index (κ2) is 12.7. The van der Waals surface area contributed by atoms with Gasteiger partial charge >= 0.3 is 5.97 Å². The summed E-state index contributed by atoms with van der Waals surface area (Å²) in [6.07, 6.45) is 3.61. The number of carbonyl (C=O) groups is 2. The van der Waals surface area contributed by atoms with E-state index in [0.717, 1.165) is 0 Å². The Bertz CT molecular complexity index is 1470. The molecule has 1 amide bonds. The van der Waals surface area contributed by atoms with Gasteiger partial charge in [-0.15, -0.1) is 0 Å². The van der Waals surface area contributed by atoms with Crippen LogP contribution in [-0.4, -0.2) is 63.5 Å². The first kappa shape index (κ1) is 29.3. The number of carbonyl (C=O) groups excluding carboxylic acids is 1. The molecule has 0 unspecified atom stereocenters. The summed E-state index contributed by atoms with van der Waals surface area (Å²) in [6.45, 7) is 4.15. The molecular formula is C28H30FN5O4S2. The second-order valence-corrected chi connectivity index (χ2v) is 11.4. The lowest BCUT2D eigenvalue weighted by Crippen LogP contribution is -2.48. The number of nitrogens with zero attached hydrogens (tertiary/aromatic N) is 5. The molecule has 2 aliphatic rings. The molecule has 3 heterocycles. The van der Waals surface area contributed by atoms with Crippen molar-refractivity contribution in [3.05, 3.63) is 62.0 Å². The Labute approximate surface area is 241 Å². The standard InChI is InChI=1S/C28H30FN5O4S2/c1-18-19(16-23-27(38)34(28(39)40-23)11-7-3-4-10-24(35)36)25(31(2)26(37)20(18)17-30)33-14-12-32(13-15-33)22-9-6-5-8-21(22)29/h5-6,8-9,16H,3-4,7,10-15H2,1-2H3,(H,35,36)/b23-16-. The first-order chi connectivity index (χ1) is 19.1. The minimum atomic E-state index is -0.845. The number of aliphatic carboxylic acids is 1. The maximum Gasteiger partial charge on any atom is 0.303 e. The van der Waals surface area contributed by atoms with Crippen LogP contribution < -0.4 is 15.4 Å². The lowest BCUT2D eigenvalue weighted by molar-refractivity contribution is -0.137. The minimum absolute atomic E-state index is 0.0106. The zero-order valence-electron chi connectivity index (χ0n) is 22.4. The Morgan fingerprint density at radius 3 is 2.48 bits per heavy atom. The summed E-state index contributed by atoms with van der Waals surface area (Å²) in [7, 11) is 1.61. The summed E-state index contributed by atoms with van der Waals surface area (Å²) in [4.78, 5) is 43.0. The first-order valence-electron chi connectivity index (χ1n) is 13.0. The van der Waals surface area contributed by atoms with Gasteiger partial charge in [0, 0.05) is 51.8 Å². The number of thiocarbonyl (C=S) groups is 1. The fourth-order valence-electron chi connectivity index (χ4n) is 5.01. The van der Waals surface area contributed by atoms with Crippen LogP contribution in [0.3, 0.4) is 0 Å². The van der Waals surface area contributed by atoms with Gasteiger partial charge < -0.3 is 14.9 Å². The number of rotatable bonds is 9. The average molecular weight is 584 g/mol. The number of thioether (sulfide) groups is 1. The van der Waals surface area contributed by atoms with Gasteiger partial charge in [0.25, 0.3) is 11.5 Å². The van der Waals surface area contributed by atoms with Crippen LogP contribution >= 0.6 is 24.0 Å². The maximum atomic E-state index is 14.4. The third kappa shape index (κ3) is 6.05. The predicted molar refractivity (Wildman–Crippen MR) is 158 cm³/mol. The first-order valence-corrected chi connectivity index (χ1v) is 14.2. The Morgan fingerprint density at radius 1 is 1.15 bits per heavy atom. The van der Waals surface area contributed by atoms with Crippen molar-refractivity contribution in [2.75, 3.05) is 42.5 Å². The Balaban J connectivity index is 1.61. The van der Waals surface area contributed by atoms with Crippen LogP contribution in [-0.2, 0) is 16.6 Å². The monoisotopic (exact) mass is 583 g/mol. The molecule has 0 radical (unpaired) electrons. The van der Waals surface area contributed by atoms with Gasteiger partial charge in [-0.05, 0) is 43.5 Å². The van der Waals surface area contributed by atoms with Crippen LogP contribution in [0.5, 0.6) is 0 Å². The van der Waals surface area contributed by atoms with E-state index >= 15 is 0 Å². The summed E-state index contributed by atoms with van der Waals surface area (Å²) in [5, 5.41) is 18.5. The van der Waals surface area contributed by atoms with Crippen molar-refractivity contribution in [3.63, 3.8) is 0 Å². The Kier molecular flexibility index (Phi) is 9.27. The highest BCUT2D eigenvalue weighted by atomic mass is 32.2. The molecule has 12 heteroatoms. The van der Waals surface area contributed by atoms with Crippen molar-refractivity contribution in [1.29, 1.82) is 5.26 Å². The highest BCUT2D eigenvalue weighted by Crippen LogP contribution is 2.36. The number of aromatic nitrogens is 1. The van der Waals surface area contributed by atoms with E-state index < -0.39 is 11.5 Å². The van der Waals surface area contributed by atoms with Gasteiger partial charge in [0.15, 0.2) is 0 Å². The van der Waals surface area contributed by atoms with E-state index in [1.807, 2.05) is 15.9 Å². The normalized spacial score (nSPS) is 16.6. The van der Waals surface area contributed by atoms with Gasteiger partial charge in [-0.25, -0.2) is 4.39 Å². The molecule has 0 bridgehead atoms. The number of nitriles is 1. The van der Waals surface area contributed by atoms with Crippen molar-refractivity contribution < 1.29 is 19.1 Å². The van der Waals surface area contributed by atoms with Crippen LogP contribution in [0, 0.1) is 24.1 Å². The average Bonchev–Trinajstić information content (AvgIpc) is 3.19. The van der Waals surface area contributed by atoms with E-state index in [9.17, 15) is 24.0 Å². The number of hydrogen-bond donors (Lipinski definition) is 1. The molecule has 0 spiro atoms. The molecule has 0 atom stereocenters. The SMILES string of the molecule is Cc1c(/C=C2\SC(=S)N(CCCCCC(=O)O)C2=O)c(N2CCN(c3ccccc3F)CC2)n(C)c(=O)c1C#N. The molecule has 1 aromatic carbocycles. The van der Waals surface area contributed by atoms with Crippen molar-refractivity contribution in [3.8, 4) is 6.07 Å². The zero-order valence-corrected chi connectivity index (χ0v) is 24.0. The van der Waals surface area contributed by atoms with Crippen LogP contribution in [0.25, 0.3) is 6.08 Å². The lowest BCUT2D eigenvalue weighted by Gasteiger charge is -2.38. The quantitative estimate of drug-likeness (QED) is 0.267. The largest absolute Gasteiger partial charge is 0.481 e. The van der Waals surface area contributed by atoms with Crippen molar-refractivity contribution in [2.45, 2.75) is 32.6 Å². The summed E-state index contributed by atoms with van der Waals surface area (Å²) < 4.78 is 16.2. The molecule has 0 saturated carbocycles. The summed E-state index contributed by atoms with van der Waals surface area (Å²) in [6, 6.07) is 8.63. The molecule has 40 heavy (non-hydrogen) atoms. The smallest absolute Gasteiger partial charge is 0.303 e. The number of hydrogen-bond acceptors (Lipinski definition) is 8. The van der Waals surface area contributed by atoms with Gasteiger partial charge in [0.2, 0.25) is 0 Å². The van der Waals surface area contributed by atoms with E-state index in [1.165, 1.54) is 27.3 Å². The number of piperazine rings is 1. The molecule has 1 N–H and O–H groups in total. The van der Waals surface area contributed by atoms with Gasteiger partial charge in [0.05, 0.1) is 10.6 Å². The zero-order chi connectivity index (χ0) is 29.0. The highest BCUT2D eigenvalue weighted by molar-refractivity contribution is 8.26. The lowest BCUT2D eigenvalue weighted by atomic mass is 10.0. The van der Waals surface area contributed by atoms with Crippen molar-refractivity contribution in [2.24, 2.45) is 7.05 Å². The molecule has 4 rings (SSSR count). The molecular weight excluding hydrogens is 553 g/mol. The topological polar surface area (TPSA) is 110 Å². The summed E-state index contributed by atoms with van der Waals surface area (Å²) in [5.74, 6) is -0.798. The number of para-hydroxylation sites is 1. The molecule has 0 aliphatic carbocycles. The van der Waals surface area contributed by atoms with Crippen molar-refractivity contribution in [1.82, 2.24) is 9.47 Å². The van der Waals surface area contributed by atoms with E-state index in [2.05, 4.69) is 0 Å². The van der Waals surface area contributed by atoms with Crippen LogP contribution in [0.15, 0.2) is 34.0 Å². The predicted octanol–water partition coefficient (Wildman–Crippen LogP) is 3.88. The van der Waals surface area contributed by atoms with Gasteiger partial charge in [-0.2, -0.15) is 5.26 Å². The number of carboxylic acid groups (broad SMARTS) is 1.